The fourth-order valence-corrected chi connectivity index (χ4v) is 8.28. The van der Waals surface area contributed by atoms with Crippen LogP contribution < -0.4 is 0 Å². The van der Waals surface area contributed by atoms with E-state index < -0.39 is 0 Å². The summed E-state index contributed by atoms with van der Waals surface area (Å²) >= 11 is 1.87. The molecule has 0 bridgehead atoms. The van der Waals surface area contributed by atoms with Gasteiger partial charge in [0, 0.05) is 31.9 Å². The molecule has 196 valence electrons. The molecule has 40 heavy (non-hydrogen) atoms. The SMILES string of the molecule is CC(C)(C)c1nc(-n2c3ccccc3c3ccc4c5c(sc4c32)-c2ccccc2C5(C)C)nc2ccc(F)cc12. The van der Waals surface area contributed by atoms with Crippen LogP contribution in [0.1, 0.15) is 51.4 Å². The topological polar surface area (TPSA) is 30.7 Å². The summed E-state index contributed by atoms with van der Waals surface area (Å²) in [5, 5.41) is 4.41. The number of nitrogens with zero attached hydrogens (tertiary/aromatic N) is 3. The highest BCUT2D eigenvalue weighted by molar-refractivity contribution is 7.23. The van der Waals surface area contributed by atoms with E-state index in [2.05, 4.69) is 99.8 Å². The van der Waals surface area contributed by atoms with Crippen LogP contribution >= 0.6 is 11.3 Å². The summed E-state index contributed by atoms with van der Waals surface area (Å²) in [6, 6.07) is 26.7. The lowest BCUT2D eigenvalue weighted by Gasteiger charge is -2.22. The molecular weight excluding hydrogens is 513 g/mol. The van der Waals surface area contributed by atoms with Crippen LogP contribution in [0.2, 0.25) is 0 Å². The molecule has 0 saturated carbocycles. The van der Waals surface area contributed by atoms with E-state index in [0.29, 0.717) is 5.95 Å². The van der Waals surface area contributed by atoms with E-state index >= 15 is 0 Å². The largest absolute Gasteiger partial charge is 0.276 e. The van der Waals surface area contributed by atoms with Gasteiger partial charge in [-0.3, -0.25) is 4.57 Å². The summed E-state index contributed by atoms with van der Waals surface area (Å²) < 4.78 is 17.8. The Kier molecular flexibility index (Phi) is 4.61. The van der Waals surface area contributed by atoms with Gasteiger partial charge in [0.1, 0.15) is 5.82 Å². The fraction of sp³-hybridized carbons (Fsp3) is 0.200. The highest BCUT2D eigenvalue weighted by Gasteiger charge is 2.39. The molecule has 0 saturated heterocycles. The lowest BCUT2D eigenvalue weighted by Crippen LogP contribution is -2.17. The van der Waals surface area contributed by atoms with Crippen molar-refractivity contribution in [3.8, 4) is 16.4 Å². The number of para-hydroxylation sites is 1. The zero-order valence-electron chi connectivity index (χ0n) is 23.1. The molecule has 3 heterocycles. The molecule has 8 rings (SSSR count). The van der Waals surface area contributed by atoms with Crippen LogP contribution in [0.4, 0.5) is 4.39 Å². The van der Waals surface area contributed by atoms with Gasteiger partial charge >= 0.3 is 0 Å². The second-order valence-corrected chi connectivity index (χ2v) is 13.5. The molecule has 0 unspecified atom stereocenters. The van der Waals surface area contributed by atoms with Crippen LogP contribution in [0.3, 0.4) is 0 Å². The summed E-state index contributed by atoms with van der Waals surface area (Å²) in [5.41, 5.74) is 7.53. The van der Waals surface area contributed by atoms with Crippen LogP contribution in [0.5, 0.6) is 0 Å². The molecule has 0 radical (unpaired) electrons. The van der Waals surface area contributed by atoms with Crippen molar-refractivity contribution in [3.63, 3.8) is 0 Å². The Morgan fingerprint density at radius 3 is 2.38 bits per heavy atom. The molecule has 3 nitrogen and oxygen atoms in total. The number of rotatable bonds is 1. The van der Waals surface area contributed by atoms with Crippen molar-refractivity contribution in [2.24, 2.45) is 0 Å². The van der Waals surface area contributed by atoms with Gasteiger partial charge in [0.15, 0.2) is 0 Å². The average Bonchev–Trinajstić information content (AvgIpc) is 3.55. The first kappa shape index (κ1) is 23.8. The number of benzene rings is 4. The predicted octanol–water partition coefficient (Wildman–Crippen LogP) is 9.68. The fourth-order valence-electron chi connectivity index (χ4n) is 6.74. The third-order valence-corrected chi connectivity index (χ3v) is 9.76. The number of fused-ring (bicyclic) bond motifs is 10. The van der Waals surface area contributed by atoms with Crippen molar-refractivity contribution >= 4 is 54.1 Å². The van der Waals surface area contributed by atoms with Gasteiger partial charge in [0.05, 0.1) is 26.9 Å². The second-order valence-electron chi connectivity index (χ2n) is 12.5. The summed E-state index contributed by atoms with van der Waals surface area (Å²) in [7, 11) is 0. The van der Waals surface area contributed by atoms with Crippen molar-refractivity contribution in [3.05, 3.63) is 102 Å². The van der Waals surface area contributed by atoms with Crippen LogP contribution in [-0.4, -0.2) is 14.5 Å². The number of hydrogen-bond donors (Lipinski definition) is 0. The molecule has 1 aliphatic carbocycles. The maximum atomic E-state index is 14.4. The summed E-state index contributed by atoms with van der Waals surface area (Å²) in [4.78, 5) is 11.6. The van der Waals surface area contributed by atoms with Gasteiger partial charge < -0.3 is 0 Å². The Morgan fingerprint density at radius 1 is 0.800 bits per heavy atom. The molecule has 0 N–H and O–H groups in total. The van der Waals surface area contributed by atoms with E-state index in [1.807, 2.05) is 11.3 Å². The molecule has 3 aromatic heterocycles. The Balaban J connectivity index is 1.54. The third-order valence-electron chi connectivity index (χ3n) is 8.52. The zero-order chi connectivity index (χ0) is 27.6. The molecule has 0 aliphatic heterocycles. The lowest BCUT2D eigenvalue weighted by atomic mass is 9.81. The van der Waals surface area contributed by atoms with Crippen LogP contribution in [-0.2, 0) is 10.8 Å². The van der Waals surface area contributed by atoms with Gasteiger partial charge in [0.2, 0.25) is 5.95 Å². The molecule has 0 atom stereocenters. The first-order chi connectivity index (χ1) is 19.1. The smallest absolute Gasteiger partial charge is 0.235 e. The number of halogens is 1. The molecule has 0 amide bonds. The maximum Gasteiger partial charge on any atom is 0.235 e. The van der Waals surface area contributed by atoms with E-state index in [9.17, 15) is 4.39 Å². The van der Waals surface area contributed by atoms with E-state index in [1.54, 1.807) is 12.1 Å². The Morgan fingerprint density at radius 2 is 1.55 bits per heavy atom. The number of thiophene rings is 1. The third kappa shape index (κ3) is 3.04. The number of aromatic nitrogens is 3. The highest BCUT2D eigenvalue weighted by Crippen LogP contribution is 2.56. The summed E-state index contributed by atoms with van der Waals surface area (Å²) in [6.45, 7) is 11.0. The van der Waals surface area contributed by atoms with Crippen LogP contribution in [0.15, 0.2) is 78.9 Å². The van der Waals surface area contributed by atoms with Gasteiger partial charge in [-0.1, -0.05) is 89.2 Å². The maximum absolute atomic E-state index is 14.4. The molecular formula is C35H28FN3S. The predicted molar refractivity (Wildman–Crippen MR) is 165 cm³/mol. The monoisotopic (exact) mass is 541 g/mol. The quantitative estimate of drug-likeness (QED) is 0.207. The molecule has 5 heteroatoms. The summed E-state index contributed by atoms with van der Waals surface area (Å²) in [5.74, 6) is 0.347. The Hall–Kier alpha value is -4.09. The zero-order valence-corrected chi connectivity index (χ0v) is 23.9. The standard InChI is InChI=1S/C35H28FN3S/c1-34(2,3)32-24-18-19(36)14-17-26(24)37-33(38-32)39-27-13-9-7-10-20(27)21-15-16-23-28-30(40-31(23)29(21)39)22-11-6-8-12-25(22)35(28,4)5/h6-18H,1-5H3. The minimum atomic E-state index is -0.296. The first-order valence-corrected chi connectivity index (χ1v) is 14.5. The van der Waals surface area contributed by atoms with E-state index in [0.717, 1.165) is 27.6 Å². The van der Waals surface area contributed by atoms with Gasteiger partial charge in [-0.15, -0.1) is 11.3 Å². The van der Waals surface area contributed by atoms with Gasteiger partial charge in [-0.2, -0.15) is 0 Å². The van der Waals surface area contributed by atoms with E-state index in [4.69, 9.17) is 9.97 Å². The average molecular weight is 542 g/mol. The second kappa shape index (κ2) is 7.76. The Bertz CT molecular complexity index is 2190. The van der Waals surface area contributed by atoms with Crippen LogP contribution in [0.25, 0.3) is 59.2 Å². The Labute approximate surface area is 235 Å². The van der Waals surface area contributed by atoms with Crippen molar-refractivity contribution in [1.29, 1.82) is 0 Å². The summed E-state index contributed by atoms with van der Waals surface area (Å²) in [6.07, 6.45) is 0. The van der Waals surface area contributed by atoms with Crippen molar-refractivity contribution < 1.29 is 4.39 Å². The van der Waals surface area contributed by atoms with Crippen molar-refractivity contribution in [2.45, 2.75) is 45.4 Å². The number of hydrogen-bond acceptors (Lipinski definition) is 3. The van der Waals surface area contributed by atoms with Gasteiger partial charge in [-0.25, -0.2) is 14.4 Å². The minimum Gasteiger partial charge on any atom is -0.276 e. The van der Waals surface area contributed by atoms with Gasteiger partial charge in [-0.05, 0) is 46.3 Å². The molecule has 0 fully saturated rings. The van der Waals surface area contributed by atoms with Crippen molar-refractivity contribution in [2.75, 3.05) is 0 Å². The molecule has 0 spiro atoms. The molecule has 4 aromatic carbocycles. The minimum absolute atomic E-state index is 0.0857. The first-order valence-electron chi connectivity index (χ1n) is 13.7. The van der Waals surface area contributed by atoms with E-state index in [-0.39, 0.29) is 16.6 Å². The molecule has 7 aromatic rings. The molecule has 1 aliphatic rings. The van der Waals surface area contributed by atoms with Crippen molar-refractivity contribution in [1.82, 2.24) is 14.5 Å². The normalized spacial score (nSPS) is 14.4. The van der Waals surface area contributed by atoms with Gasteiger partial charge in [0.25, 0.3) is 0 Å². The van der Waals surface area contributed by atoms with Crippen LogP contribution in [0, 0.1) is 5.82 Å². The van der Waals surface area contributed by atoms with E-state index in [1.165, 1.54) is 48.5 Å². The lowest BCUT2D eigenvalue weighted by molar-refractivity contribution is 0.571. The highest BCUT2D eigenvalue weighted by atomic mass is 32.1.